The number of anilines is 2. The Kier molecular flexibility index (Phi) is 7.96. The van der Waals surface area contributed by atoms with E-state index < -0.39 is 5.54 Å². The van der Waals surface area contributed by atoms with Crippen LogP contribution in [0.3, 0.4) is 0 Å². The van der Waals surface area contributed by atoms with E-state index in [1.54, 1.807) is 26.5 Å². The number of amides is 2. The van der Waals surface area contributed by atoms with Crippen LogP contribution in [-0.4, -0.2) is 72.3 Å². The molecule has 0 saturated carbocycles. The summed E-state index contributed by atoms with van der Waals surface area (Å²) in [6.45, 7) is 8.52. The molecule has 0 spiro atoms. The van der Waals surface area contributed by atoms with E-state index in [9.17, 15) is 4.79 Å². The van der Waals surface area contributed by atoms with Gasteiger partial charge in [0.2, 0.25) is 5.95 Å². The normalized spacial score (nSPS) is 12.4. The van der Waals surface area contributed by atoms with Gasteiger partial charge >= 0.3 is 6.03 Å². The number of nitrogens with one attached hydrogen (secondary N) is 3. The highest BCUT2D eigenvalue weighted by Crippen LogP contribution is 2.35. The number of aromatic nitrogens is 3. The molecule has 10 heteroatoms. The van der Waals surface area contributed by atoms with E-state index in [1.807, 2.05) is 53.1 Å². The fraction of sp³-hybridized carbons (Fsp3) is 0.440. The van der Waals surface area contributed by atoms with E-state index >= 15 is 0 Å². The number of likely N-dealkylation sites (N-methyl/N-ethyl adjacent to an activating group) is 1. The number of hydrogen-bond acceptors (Lipinski definition) is 8. The fourth-order valence-electron chi connectivity index (χ4n) is 3.23. The van der Waals surface area contributed by atoms with E-state index in [4.69, 9.17) is 14.5 Å². The number of ether oxygens (including phenoxy) is 2. The van der Waals surface area contributed by atoms with Gasteiger partial charge in [0.25, 0.3) is 0 Å². The summed E-state index contributed by atoms with van der Waals surface area (Å²) in [5.74, 6) is 2.08. The number of fused-ring (bicyclic) bond motifs is 1. The molecule has 35 heavy (non-hydrogen) atoms. The highest BCUT2D eigenvalue weighted by Gasteiger charge is 2.19. The van der Waals surface area contributed by atoms with Crippen LogP contribution in [0.1, 0.15) is 27.7 Å². The summed E-state index contributed by atoms with van der Waals surface area (Å²) in [7, 11) is 7.22. The Morgan fingerprint density at radius 1 is 1.06 bits per heavy atom. The molecule has 1 atom stereocenters. The van der Waals surface area contributed by atoms with Crippen LogP contribution in [0.4, 0.5) is 16.6 Å². The smallest absolute Gasteiger partial charge is 0.320 e. The van der Waals surface area contributed by atoms with Crippen molar-refractivity contribution in [1.29, 1.82) is 0 Å². The summed E-state index contributed by atoms with van der Waals surface area (Å²) >= 11 is 0. The highest BCUT2D eigenvalue weighted by atomic mass is 16.5. The summed E-state index contributed by atoms with van der Waals surface area (Å²) in [5.41, 5.74) is 1.50. The number of methoxy groups -OCH3 is 2. The molecule has 0 radical (unpaired) electrons. The molecule has 3 N–H and O–H groups in total. The number of benzene rings is 1. The van der Waals surface area contributed by atoms with Crippen molar-refractivity contribution >= 4 is 28.8 Å². The number of carbonyl (C=O) groups is 1. The standard InChI is InChI=1S/C25H35N7O3/c1-15(32(5)6)13-26-23-27-14-17-11-20(16-9-18(34-7)12-19(10-16)35-8)22(28-21(17)29-23)30-24(33)31-25(2,3)4/h9-12,14-15H,13H2,1-8H3,(H3,26,27,28,29,30,31,33). The van der Waals surface area contributed by atoms with Crippen molar-refractivity contribution in [3.63, 3.8) is 0 Å². The van der Waals surface area contributed by atoms with Crippen molar-refractivity contribution in [1.82, 2.24) is 25.2 Å². The molecule has 0 aliphatic carbocycles. The van der Waals surface area contributed by atoms with E-state index in [1.165, 1.54) is 0 Å². The summed E-state index contributed by atoms with van der Waals surface area (Å²) < 4.78 is 10.9. The maximum absolute atomic E-state index is 12.7. The lowest BCUT2D eigenvalue weighted by atomic mass is 10.0. The minimum absolute atomic E-state index is 0.297. The van der Waals surface area contributed by atoms with Crippen LogP contribution in [0, 0.1) is 0 Å². The van der Waals surface area contributed by atoms with Crippen LogP contribution in [0.5, 0.6) is 11.5 Å². The Labute approximate surface area is 206 Å². The van der Waals surface area contributed by atoms with E-state index in [0.29, 0.717) is 47.1 Å². The minimum atomic E-state index is -0.414. The predicted molar refractivity (Wildman–Crippen MR) is 139 cm³/mol. The van der Waals surface area contributed by atoms with Crippen molar-refractivity contribution in [2.45, 2.75) is 39.3 Å². The molecule has 0 aliphatic heterocycles. The summed E-state index contributed by atoms with van der Waals surface area (Å²) in [6, 6.07) is 7.33. The molecule has 1 unspecified atom stereocenters. The van der Waals surface area contributed by atoms with Crippen molar-refractivity contribution in [2.24, 2.45) is 0 Å². The Balaban J connectivity index is 2.07. The van der Waals surface area contributed by atoms with Crippen LogP contribution in [-0.2, 0) is 0 Å². The number of urea groups is 1. The second kappa shape index (κ2) is 10.7. The zero-order chi connectivity index (χ0) is 25.8. The molecule has 3 rings (SSSR count). The third-order valence-electron chi connectivity index (χ3n) is 5.39. The number of hydrogen-bond donors (Lipinski definition) is 3. The molecule has 0 fully saturated rings. The van der Waals surface area contributed by atoms with E-state index in [0.717, 1.165) is 10.9 Å². The van der Waals surface area contributed by atoms with Gasteiger partial charge in [0.05, 0.1) is 14.2 Å². The quantitative estimate of drug-likeness (QED) is 0.443. The third kappa shape index (κ3) is 6.92. The monoisotopic (exact) mass is 481 g/mol. The van der Waals surface area contributed by atoms with Gasteiger partial charge in [0.1, 0.15) is 17.3 Å². The number of rotatable bonds is 8. The van der Waals surface area contributed by atoms with Gasteiger partial charge in [-0.2, -0.15) is 4.98 Å². The maximum atomic E-state index is 12.7. The second-order valence-corrected chi connectivity index (χ2v) is 9.61. The van der Waals surface area contributed by atoms with Crippen molar-refractivity contribution in [2.75, 3.05) is 45.5 Å². The van der Waals surface area contributed by atoms with Crippen molar-refractivity contribution < 1.29 is 14.3 Å². The van der Waals surface area contributed by atoms with Crippen LogP contribution in [0.15, 0.2) is 30.5 Å². The second-order valence-electron chi connectivity index (χ2n) is 9.61. The summed E-state index contributed by atoms with van der Waals surface area (Å²) in [5, 5.41) is 9.77. The number of carbonyl (C=O) groups excluding carboxylic acids is 1. The first-order valence-corrected chi connectivity index (χ1v) is 11.4. The molecule has 3 aromatic rings. The molecular formula is C25H35N7O3. The van der Waals surface area contributed by atoms with Crippen molar-refractivity contribution in [3.05, 3.63) is 30.5 Å². The molecule has 10 nitrogen and oxygen atoms in total. The highest BCUT2D eigenvalue weighted by molar-refractivity contribution is 5.96. The topological polar surface area (TPSA) is 114 Å². The Morgan fingerprint density at radius 2 is 1.71 bits per heavy atom. The summed E-state index contributed by atoms with van der Waals surface area (Å²) in [6.07, 6.45) is 1.72. The molecule has 2 aromatic heterocycles. The average molecular weight is 482 g/mol. The van der Waals surface area contributed by atoms with Crippen LogP contribution < -0.4 is 25.4 Å². The maximum Gasteiger partial charge on any atom is 0.320 e. The van der Waals surface area contributed by atoms with Gasteiger partial charge in [0, 0.05) is 41.3 Å². The molecule has 1 aromatic carbocycles. The van der Waals surface area contributed by atoms with E-state index in [-0.39, 0.29) is 6.03 Å². The summed E-state index contributed by atoms with van der Waals surface area (Å²) in [4.78, 5) is 28.6. The van der Waals surface area contributed by atoms with Gasteiger partial charge in [-0.25, -0.2) is 14.8 Å². The van der Waals surface area contributed by atoms with E-state index in [2.05, 4.69) is 37.7 Å². The molecule has 2 heterocycles. The van der Waals surface area contributed by atoms with Gasteiger partial charge in [-0.15, -0.1) is 0 Å². The van der Waals surface area contributed by atoms with Crippen LogP contribution in [0.2, 0.25) is 0 Å². The fourth-order valence-corrected chi connectivity index (χ4v) is 3.23. The van der Waals surface area contributed by atoms with Gasteiger partial charge < -0.3 is 25.0 Å². The number of pyridine rings is 1. The first kappa shape index (κ1) is 26.0. The molecule has 0 saturated heterocycles. The zero-order valence-corrected chi connectivity index (χ0v) is 21.7. The molecular weight excluding hydrogens is 446 g/mol. The van der Waals surface area contributed by atoms with Gasteiger partial charge in [0.15, 0.2) is 5.65 Å². The van der Waals surface area contributed by atoms with Gasteiger partial charge in [-0.05, 0) is 65.6 Å². The Hall–Kier alpha value is -3.66. The predicted octanol–water partition coefficient (Wildman–Crippen LogP) is 3.99. The molecule has 0 aliphatic rings. The molecule has 2 amide bonds. The van der Waals surface area contributed by atoms with Crippen LogP contribution in [0.25, 0.3) is 22.2 Å². The lowest BCUT2D eigenvalue weighted by Gasteiger charge is -2.21. The zero-order valence-electron chi connectivity index (χ0n) is 21.7. The first-order valence-electron chi connectivity index (χ1n) is 11.4. The Morgan fingerprint density at radius 3 is 2.29 bits per heavy atom. The Bertz CT molecular complexity index is 1170. The SMILES string of the molecule is COc1cc(OC)cc(-c2cc3cnc(NCC(C)N(C)C)nc3nc2NC(=O)NC(C)(C)C)c1. The molecule has 188 valence electrons. The molecule has 0 bridgehead atoms. The lowest BCUT2D eigenvalue weighted by molar-refractivity contribution is 0.243. The first-order chi connectivity index (χ1) is 16.5. The minimum Gasteiger partial charge on any atom is -0.497 e. The third-order valence-corrected chi connectivity index (χ3v) is 5.39. The average Bonchev–Trinajstić information content (AvgIpc) is 2.80. The van der Waals surface area contributed by atoms with Gasteiger partial charge in [-0.1, -0.05) is 0 Å². The number of nitrogens with zero attached hydrogens (tertiary/aromatic N) is 4. The largest absolute Gasteiger partial charge is 0.497 e. The lowest BCUT2D eigenvalue weighted by Crippen LogP contribution is -2.43. The van der Waals surface area contributed by atoms with Gasteiger partial charge in [-0.3, -0.25) is 5.32 Å². The van der Waals surface area contributed by atoms with Crippen molar-refractivity contribution in [3.8, 4) is 22.6 Å². The van der Waals surface area contributed by atoms with Crippen LogP contribution >= 0.6 is 0 Å².